The molecule has 0 saturated carbocycles. The molecule has 1 fully saturated rings. The number of rotatable bonds is 7. The first-order valence-electron chi connectivity index (χ1n) is 10.6. The number of thioether (sulfide) groups is 1. The Labute approximate surface area is 195 Å². The summed E-state index contributed by atoms with van der Waals surface area (Å²) < 4.78 is 42.3. The molecule has 4 aromatic rings. The van der Waals surface area contributed by atoms with E-state index in [0.717, 1.165) is 23.0 Å². The predicted octanol–water partition coefficient (Wildman–Crippen LogP) is 2.76. The Hall–Kier alpha value is -2.67. The lowest BCUT2D eigenvalue weighted by Crippen LogP contribution is -2.40. The van der Waals surface area contributed by atoms with Gasteiger partial charge in [-0.05, 0) is 37.3 Å². The molecule has 0 unspecified atom stereocenters. The van der Waals surface area contributed by atoms with Crippen molar-refractivity contribution in [1.82, 2.24) is 28.6 Å². The van der Waals surface area contributed by atoms with E-state index in [9.17, 15) is 8.42 Å². The van der Waals surface area contributed by atoms with Crippen LogP contribution < -0.4 is 0 Å². The normalized spacial score (nSPS) is 15.5. The highest BCUT2D eigenvalue weighted by atomic mass is 32.2. The van der Waals surface area contributed by atoms with Gasteiger partial charge in [0.1, 0.15) is 5.82 Å². The molecule has 174 valence electrons. The van der Waals surface area contributed by atoms with Crippen molar-refractivity contribution in [2.24, 2.45) is 7.05 Å². The maximum Gasteiger partial charge on any atom is 0.243 e. The maximum absolute atomic E-state index is 13.0. The van der Waals surface area contributed by atoms with Crippen molar-refractivity contribution in [3.05, 3.63) is 42.4 Å². The van der Waals surface area contributed by atoms with Crippen LogP contribution in [-0.2, 0) is 34.1 Å². The SMILES string of the molecule is CCn1c(CSc2nnc(-c3ccco3)n2C)nc2cc(S(=O)(=O)N3CCOCC3)ccc21. The molecule has 10 nitrogen and oxygen atoms in total. The molecule has 0 atom stereocenters. The number of hydrogen-bond acceptors (Lipinski definition) is 8. The molecule has 5 rings (SSSR count). The molecular weight excluding hydrogens is 464 g/mol. The van der Waals surface area contributed by atoms with Crippen LogP contribution in [0.15, 0.2) is 51.1 Å². The Balaban J connectivity index is 1.41. The topological polar surface area (TPSA) is 108 Å². The molecule has 1 aliphatic rings. The van der Waals surface area contributed by atoms with Crippen molar-refractivity contribution in [2.45, 2.75) is 29.3 Å². The van der Waals surface area contributed by atoms with Crippen LogP contribution in [0.3, 0.4) is 0 Å². The molecule has 4 heterocycles. The van der Waals surface area contributed by atoms with Crippen LogP contribution in [0.5, 0.6) is 0 Å². The number of aryl methyl sites for hydroxylation is 1. The summed E-state index contributed by atoms with van der Waals surface area (Å²) in [4.78, 5) is 5.02. The summed E-state index contributed by atoms with van der Waals surface area (Å²) in [6.45, 7) is 4.32. The molecule has 0 bridgehead atoms. The largest absolute Gasteiger partial charge is 0.461 e. The number of ether oxygens (including phenoxy) is 1. The van der Waals surface area contributed by atoms with Gasteiger partial charge in [0, 0.05) is 26.7 Å². The van der Waals surface area contributed by atoms with E-state index < -0.39 is 10.0 Å². The quantitative estimate of drug-likeness (QED) is 0.366. The van der Waals surface area contributed by atoms with Crippen LogP contribution in [0.2, 0.25) is 0 Å². The minimum atomic E-state index is -3.58. The molecule has 0 N–H and O–H groups in total. The second-order valence-corrected chi connectivity index (χ2v) is 10.5. The van der Waals surface area contributed by atoms with E-state index >= 15 is 0 Å². The minimum Gasteiger partial charge on any atom is -0.461 e. The average molecular weight is 489 g/mol. The highest BCUT2D eigenvalue weighted by Crippen LogP contribution is 2.28. The van der Waals surface area contributed by atoms with Crippen LogP contribution in [0.4, 0.5) is 0 Å². The first-order chi connectivity index (χ1) is 16.0. The second kappa shape index (κ2) is 8.93. The number of imidazole rings is 1. The lowest BCUT2D eigenvalue weighted by Gasteiger charge is -2.26. The lowest BCUT2D eigenvalue weighted by molar-refractivity contribution is 0.0730. The predicted molar refractivity (Wildman–Crippen MR) is 123 cm³/mol. The Morgan fingerprint density at radius 2 is 1.97 bits per heavy atom. The Bertz CT molecular complexity index is 1370. The Morgan fingerprint density at radius 1 is 1.15 bits per heavy atom. The molecule has 0 spiro atoms. The van der Waals surface area contributed by atoms with Gasteiger partial charge in [0.05, 0.1) is 41.2 Å². The smallest absolute Gasteiger partial charge is 0.243 e. The van der Waals surface area contributed by atoms with Crippen molar-refractivity contribution in [1.29, 1.82) is 0 Å². The van der Waals surface area contributed by atoms with Gasteiger partial charge in [0.15, 0.2) is 16.7 Å². The van der Waals surface area contributed by atoms with E-state index in [4.69, 9.17) is 14.1 Å². The zero-order valence-corrected chi connectivity index (χ0v) is 20.0. The van der Waals surface area contributed by atoms with E-state index in [1.807, 2.05) is 36.7 Å². The summed E-state index contributed by atoms with van der Waals surface area (Å²) in [5.41, 5.74) is 1.57. The fraction of sp³-hybridized carbons (Fsp3) is 0.381. The zero-order valence-electron chi connectivity index (χ0n) is 18.3. The average Bonchev–Trinajstić information content (AvgIpc) is 3.56. The Kier molecular flexibility index (Phi) is 5.99. The number of benzene rings is 1. The van der Waals surface area contributed by atoms with Crippen molar-refractivity contribution in [3.8, 4) is 11.6 Å². The number of fused-ring (bicyclic) bond motifs is 1. The molecule has 33 heavy (non-hydrogen) atoms. The van der Waals surface area contributed by atoms with Crippen LogP contribution in [0.1, 0.15) is 12.7 Å². The molecule has 0 amide bonds. The first kappa shape index (κ1) is 22.1. The third kappa shape index (κ3) is 4.07. The second-order valence-electron chi connectivity index (χ2n) is 7.57. The van der Waals surface area contributed by atoms with Crippen LogP contribution in [-0.4, -0.2) is 63.3 Å². The highest BCUT2D eigenvalue weighted by molar-refractivity contribution is 7.98. The van der Waals surface area contributed by atoms with Gasteiger partial charge in [0.2, 0.25) is 10.0 Å². The zero-order chi connectivity index (χ0) is 23.0. The van der Waals surface area contributed by atoms with Crippen molar-refractivity contribution in [3.63, 3.8) is 0 Å². The number of nitrogens with zero attached hydrogens (tertiary/aromatic N) is 6. The van der Waals surface area contributed by atoms with Gasteiger partial charge < -0.3 is 18.3 Å². The van der Waals surface area contributed by atoms with Crippen molar-refractivity contribution < 1.29 is 17.6 Å². The monoisotopic (exact) mass is 488 g/mol. The van der Waals surface area contributed by atoms with E-state index in [0.29, 0.717) is 49.2 Å². The fourth-order valence-corrected chi connectivity index (χ4v) is 6.19. The van der Waals surface area contributed by atoms with E-state index in [1.165, 1.54) is 16.1 Å². The maximum atomic E-state index is 13.0. The minimum absolute atomic E-state index is 0.258. The molecular formula is C21H24N6O4S2. The summed E-state index contributed by atoms with van der Waals surface area (Å²) in [6, 6.07) is 8.82. The number of sulfonamides is 1. The van der Waals surface area contributed by atoms with Gasteiger partial charge >= 0.3 is 0 Å². The van der Waals surface area contributed by atoms with Gasteiger partial charge in [-0.1, -0.05) is 11.8 Å². The van der Waals surface area contributed by atoms with Crippen LogP contribution >= 0.6 is 11.8 Å². The highest BCUT2D eigenvalue weighted by Gasteiger charge is 2.27. The van der Waals surface area contributed by atoms with Gasteiger partial charge in [-0.15, -0.1) is 10.2 Å². The van der Waals surface area contributed by atoms with E-state index in [1.54, 1.807) is 18.4 Å². The first-order valence-corrected chi connectivity index (χ1v) is 13.0. The van der Waals surface area contributed by atoms with Crippen molar-refractivity contribution in [2.75, 3.05) is 26.3 Å². The van der Waals surface area contributed by atoms with Gasteiger partial charge in [-0.25, -0.2) is 13.4 Å². The standard InChI is InChI=1S/C21H24N6O4S2/c1-3-27-17-7-6-15(33(28,29)26-8-11-30-12-9-26)13-16(17)22-19(27)14-32-21-24-23-20(25(21)2)18-5-4-10-31-18/h4-7,10,13H,3,8-9,11-12,14H2,1-2H3. The van der Waals surface area contributed by atoms with Gasteiger partial charge in [-0.2, -0.15) is 4.31 Å². The van der Waals surface area contributed by atoms with E-state index in [-0.39, 0.29) is 4.90 Å². The summed E-state index contributed by atoms with van der Waals surface area (Å²) in [5, 5.41) is 9.25. The molecule has 1 saturated heterocycles. The number of aromatic nitrogens is 5. The molecule has 12 heteroatoms. The number of morpholine rings is 1. The molecule has 0 aliphatic carbocycles. The summed E-state index contributed by atoms with van der Waals surface area (Å²) in [6.07, 6.45) is 1.61. The molecule has 0 radical (unpaired) electrons. The Morgan fingerprint density at radius 3 is 2.70 bits per heavy atom. The van der Waals surface area contributed by atoms with Crippen LogP contribution in [0, 0.1) is 0 Å². The lowest BCUT2D eigenvalue weighted by atomic mass is 10.3. The number of hydrogen-bond donors (Lipinski definition) is 0. The fourth-order valence-electron chi connectivity index (χ4n) is 3.91. The van der Waals surface area contributed by atoms with Crippen molar-refractivity contribution >= 4 is 32.8 Å². The summed E-state index contributed by atoms with van der Waals surface area (Å²) >= 11 is 1.52. The number of furan rings is 1. The van der Waals surface area contributed by atoms with Gasteiger partial charge in [0.25, 0.3) is 0 Å². The molecule has 1 aliphatic heterocycles. The van der Waals surface area contributed by atoms with Crippen LogP contribution in [0.25, 0.3) is 22.6 Å². The molecule has 3 aromatic heterocycles. The third-order valence-electron chi connectivity index (χ3n) is 5.63. The molecule has 1 aromatic carbocycles. The summed E-state index contributed by atoms with van der Waals surface area (Å²) in [5.74, 6) is 2.73. The van der Waals surface area contributed by atoms with E-state index in [2.05, 4.69) is 14.8 Å². The third-order valence-corrected chi connectivity index (χ3v) is 8.54. The van der Waals surface area contributed by atoms with Gasteiger partial charge in [-0.3, -0.25) is 0 Å². The summed E-state index contributed by atoms with van der Waals surface area (Å²) in [7, 11) is -1.68.